The van der Waals surface area contributed by atoms with Gasteiger partial charge in [0.2, 0.25) is 0 Å². The minimum Gasteiger partial charge on any atom is -0.366 e. The second-order valence-electron chi connectivity index (χ2n) is 3.47. The van der Waals surface area contributed by atoms with Gasteiger partial charge < -0.3 is 5.32 Å². The zero-order valence-electron chi connectivity index (χ0n) is 7.85. The van der Waals surface area contributed by atoms with Gasteiger partial charge in [-0.25, -0.2) is 18.4 Å². The summed E-state index contributed by atoms with van der Waals surface area (Å²) in [5, 5.41) is 3.08. The molecule has 0 saturated carbocycles. The molecule has 0 radical (unpaired) electrons. The number of aromatic nitrogens is 2. The number of hydrogen-bond donors (Lipinski definition) is 1. The molecular weight excluding hydrogens is 282 g/mol. The van der Waals surface area contributed by atoms with Crippen molar-refractivity contribution < 1.29 is 8.42 Å². The van der Waals surface area contributed by atoms with Crippen molar-refractivity contribution in [1.29, 1.82) is 0 Å². The van der Waals surface area contributed by atoms with E-state index in [1.54, 1.807) is 6.07 Å². The van der Waals surface area contributed by atoms with Gasteiger partial charge >= 0.3 is 0 Å². The third-order valence-corrected chi connectivity index (χ3v) is 4.42. The highest BCUT2D eigenvalue weighted by Gasteiger charge is 2.27. The van der Waals surface area contributed by atoms with E-state index in [0.29, 0.717) is 16.8 Å². The van der Waals surface area contributed by atoms with Crippen LogP contribution in [0.15, 0.2) is 17.0 Å². The van der Waals surface area contributed by atoms with Crippen molar-refractivity contribution in [3.8, 4) is 0 Å². The molecule has 2 heterocycles. The molecule has 1 fully saturated rings. The van der Waals surface area contributed by atoms with Crippen LogP contribution in [0.3, 0.4) is 0 Å². The predicted octanol–water partition coefficient (Wildman–Crippen LogP) is 0.838. The Hall–Kier alpha value is -0.690. The fraction of sp³-hybridized carbons (Fsp3) is 0.500. The van der Waals surface area contributed by atoms with Crippen LogP contribution in [0.25, 0.3) is 0 Å². The van der Waals surface area contributed by atoms with Gasteiger partial charge in [-0.3, -0.25) is 0 Å². The molecule has 1 aromatic heterocycles. The molecule has 15 heavy (non-hydrogen) atoms. The average Bonchev–Trinajstić information content (AvgIpc) is 2.45. The lowest BCUT2D eigenvalue weighted by Gasteiger charge is -2.10. The monoisotopic (exact) mass is 291 g/mol. The highest BCUT2D eigenvalue weighted by atomic mass is 79.9. The molecule has 82 valence electrons. The summed E-state index contributed by atoms with van der Waals surface area (Å²) in [5.41, 5.74) is 0. The van der Waals surface area contributed by atoms with Crippen LogP contribution in [0.2, 0.25) is 0 Å². The number of nitrogens with one attached hydrogen (secondary N) is 1. The first kappa shape index (κ1) is 10.8. The van der Waals surface area contributed by atoms with Crippen molar-refractivity contribution in [2.24, 2.45) is 0 Å². The summed E-state index contributed by atoms with van der Waals surface area (Å²) in [6.45, 7) is 0. The molecule has 1 N–H and O–H groups in total. The summed E-state index contributed by atoms with van der Waals surface area (Å²) < 4.78 is 23.1. The Morgan fingerprint density at radius 3 is 2.87 bits per heavy atom. The third-order valence-electron chi connectivity index (χ3n) is 2.22. The average molecular weight is 292 g/mol. The van der Waals surface area contributed by atoms with Crippen molar-refractivity contribution in [2.75, 3.05) is 16.8 Å². The van der Waals surface area contributed by atoms with Crippen molar-refractivity contribution >= 4 is 31.6 Å². The lowest BCUT2D eigenvalue weighted by molar-refractivity contribution is 0.602. The van der Waals surface area contributed by atoms with Crippen molar-refractivity contribution in [1.82, 2.24) is 9.97 Å². The topological polar surface area (TPSA) is 72.0 Å². The van der Waals surface area contributed by atoms with E-state index in [0.717, 1.165) is 0 Å². The molecule has 1 atom stereocenters. The number of halogens is 1. The predicted molar refractivity (Wildman–Crippen MR) is 60.4 cm³/mol. The number of rotatable bonds is 2. The SMILES string of the molecule is O=S1(=O)CCC(Nc2cc(Br)ncn2)C1. The maximum absolute atomic E-state index is 11.2. The van der Waals surface area contributed by atoms with Gasteiger partial charge in [-0.1, -0.05) is 0 Å². The Bertz CT molecular complexity index is 463. The molecule has 0 amide bonds. The molecule has 0 spiro atoms. The summed E-state index contributed by atoms with van der Waals surface area (Å²) in [4.78, 5) is 7.89. The van der Waals surface area contributed by atoms with E-state index < -0.39 is 9.84 Å². The van der Waals surface area contributed by atoms with E-state index >= 15 is 0 Å². The molecule has 2 rings (SSSR count). The number of anilines is 1. The van der Waals surface area contributed by atoms with E-state index in [4.69, 9.17) is 0 Å². The maximum atomic E-state index is 11.2. The molecular formula is C8H10BrN3O2S. The Kier molecular flexibility index (Phi) is 2.92. The first-order valence-corrected chi connectivity index (χ1v) is 7.11. The van der Waals surface area contributed by atoms with Crippen LogP contribution in [0.4, 0.5) is 5.82 Å². The fourth-order valence-electron chi connectivity index (χ4n) is 1.53. The van der Waals surface area contributed by atoms with Crippen molar-refractivity contribution in [3.63, 3.8) is 0 Å². The summed E-state index contributed by atoms with van der Waals surface area (Å²) in [5.74, 6) is 1.10. The van der Waals surface area contributed by atoms with E-state index in [-0.39, 0.29) is 17.5 Å². The van der Waals surface area contributed by atoms with Crippen LogP contribution >= 0.6 is 15.9 Å². The fourth-order valence-corrected chi connectivity index (χ4v) is 3.51. The van der Waals surface area contributed by atoms with Crippen LogP contribution in [0.5, 0.6) is 0 Å². The first-order valence-electron chi connectivity index (χ1n) is 4.50. The van der Waals surface area contributed by atoms with Gasteiger partial charge in [0.05, 0.1) is 11.5 Å². The van der Waals surface area contributed by atoms with E-state index in [1.165, 1.54) is 6.33 Å². The van der Waals surface area contributed by atoms with Crippen molar-refractivity contribution in [3.05, 3.63) is 17.0 Å². The Morgan fingerprint density at radius 2 is 2.27 bits per heavy atom. The van der Waals surface area contributed by atoms with Crippen LogP contribution < -0.4 is 5.32 Å². The smallest absolute Gasteiger partial charge is 0.152 e. The van der Waals surface area contributed by atoms with Gasteiger partial charge in [0, 0.05) is 12.1 Å². The highest BCUT2D eigenvalue weighted by Crippen LogP contribution is 2.17. The standard InChI is InChI=1S/C8H10BrN3O2S/c9-7-3-8(11-5-10-7)12-6-1-2-15(13,14)4-6/h3,5-6H,1-2,4H2,(H,10,11,12). The largest absolute Gasteiger partial charge is 0.366 e. The second kappa shape index (κ2) is 4.05. The summed E-state index contributed by atoms with van der Waals surface area (Å²) in [7, 11) is -2.84. The van der Waals surface area contributed by atoms with Crippen molar-refractivity contribution in [2.45, 2.75) is 12.5 Å². The molecule has 1 saturated heterocycles. The zero-order valence-corrected chi connectivity index (χ0v) is 10.3. The molecule has 0 aliphatic carbocycles. The molecule has 1 aliphatic rings. The summed E-state index contributed by atoms with van der Waals surface area (Å²) in [6, 6.07) is 1.70. The highest BCUT2D eigenvalue weighted by molar-refractivity contribution is 9.10. The van der Waals surface area contributed by atoms with Gasteiger partial charge in [0.25, 0.3) is 0 Å². The van der Waals surface area contributed by atoms with Crippen LogP contribution in [0, 0.1) is 0 Å². The van der Waals surface area contributed by atoms with Gasteiger partial charge in [-0.05, 0) is 22.4 Å². The number of hydrogen-bond acceptors (Lipinski definition) is 5. The van der Waals surface area contributed by atoms with E-state index in [1.807, 2.05) is 0 Å². The normalized spacial score (nSPS) is 23.9. The van der Waals surface area contributed by atoms with Crippen LogP contribution in [-0.4, -0.2) is 35.9 Å². The lowest BCUT2D eigenvalue weighted by atomic mass is 10.2. The quantitative estimate of drug-likeness (QED) is 0.818. The second-order valence-corrected chi connectivity index (χ2v) is 6.51. The van der Waals surface area contributed by atoms with Crippen LogP contribution in [0.1, 0.15) is 6.42 Å². The molecule has 1 aliphatic heterocycles. The van der Waals surface area contributed by atoms with Gasteiger partial charge in [0.1, 0.15) is 16.7 Å². The van der Waals surface area contributed by atoms with Crippen LogP contribution in [-0.2, 0) is 9.84 Å². The summed E-state index contributed by atoms with van der Waals surface area (Å²) >= 11 is 3.22. The Morgan fingerprint density at radius 1 is 1.47 bits per heavy atom. The Labute approximate surface area is 96.4 Å². The van der Waals surface area contributed by atoms with Gasteiger partial charge in [0.15, 0.2) is 9.84 Å². The maximum Gasteiger partial charge on any atom is 0.152 e. The van der Waals surface area contributed by atoms with Gasteiger partial charge in [-0.15, -0.1) is 0 Å². The van der Waals surface area contributed by atoms with E-state index in [2.05, 4.69) is 31.2 Å². The lowest BCUT2D eigenvalue weighted by Crippen LogP contribution is -2.21. The number of nitrogens with zero attached hydrogens (tertiary/aromatic N) is 2. The molecule has 1 unspecified atom stereocenters. The van der Waals surface area contributed by atoms with Gasteiger partial charge in [-0.2, -0.15) is 0 Å². The minimum absolute atomic E-state index is 0.0307. The molecule has 1 aromatic rings. The molecule has 0 aromatic carbocycles. The Balaban J connectivity index is 2.05. The minimum atomic E-state index is -2.84. The summed E-state index contributed by atoms with van der Waals surface area (Å²) in [6.07, 6.45) is 2.07. The molecule has 7 heteroatoms. The van der Waals surface area contributed by atoms with E-state index in [9.17, 15) is 8.42 Å². The molecule has 5 nitrogen and oxygen atoms in total. The third kappa shape index (κ3) is 2.88. The molecule has 0 bridgehead atoms. The zero-order chi connectivity index (χ0) is 10.9. The first-order chi connectivity index (χ1) is 7.05. The number of sulfone groups is 1.